The molecule has 0 aliphatic heterocycles. The van der Waals surface area contributed by atoms with Crippen LogP contribution in [-0.4, -0.2) is 43.3 Å². The van der Waals surface area contributed by atoms with Crippen molar-refractivity contribution in [1.29, 1.82) is 0 Å². The average molecular weight is 368 g/mol. The third-order valence-electron chi connectivity index (χ3n) is 4.23. The first-order valence-corrected chi connectivity index (χ1v) is 8.86. The number of hydrogen-bond acceptors (Lipinski definition) is 4. The van der Waals surface area contributed by atoms with Crippen molar-refractivity contribution in [1.82, 2.24) is 20.6 Å². The molecule has 0 unspecified atom stereocenters. The largest absolute Gasteiger partial charge is 0.493 e. The van der Waals surface area contributed by atoms with E-state index in [1.165, 1.54) is 0 Å². The summed E-state index contributed by atoms with van der Waals surface area (Å²) in [6.45, 7) is 1.05. The molecular weight excluding hydrogens is 344 g/mol. The number of para-hydroxylation sites is 2. The highest BCUT2D eigenvalue weighted by molar-refractivity contribution is 5.75. The summed E-state index contributed by atoms with van der Waals surface area (Å²) in [5.41, 5.74) is 3.01. The number of benzene rings is 2. The Bertz CT molecular complexity index is 874. The molecular formula is C20H24N4O3. The summed E-state index contributed by atoms with van der Waals surface area (Å²) in [7, 11) is 3.21. The van der Waals surface area contributed by atoms with Crippen molar-refractivity contribution in [2.24, 2.45) is 0 Å². The molecule has 3 rings (SSSR count). The van der Waals surface area contributed by atoms with Gasteiger partial charge in [0, 0.05) is 19.5 Å². The molecule has 27 heavy (non-hydrogen) atoms. The fourth-order valence-electron chi connectivity index (χ4n) is 2.84. The number of nitrogens with one attached hydrogen (secondary N) is 3. The van der Waals surface area contributed by atoms with Gasteiger partial charge in [-0.1, -0.05) is 18.2 Å². The molecule has 0 bridgehead atoms. The van der Waals surface area contributed by atoms with E-state index in [2.05, 4.69) is 20.6 Å². The van der Waals surface area contributed by atoms with Crippen molar-refractivity contribution in [3.8, 4) is 11.5 Å². The van der Waals surface area contributed by atoms with E-state index in [9.17, 15) is 4.79 Å². The van der Waals surface area contributed by atoms with Crippen LogP contribution < -0.4 is 20.1 Å². The second-order valence-electron chi connectivity index (χ2n) is 6.07. The number of nitrogens with zero attached hydrogens (tertiary/aromatic N) is 1. The van der Waals surface area contributed by atoms with Gasteiger partial charge in [-0.25, -0.2) is 9.78 Å². The molecule has 0 spiro atoms. The molecule has 0 radical (unpaired) electrons. The van der Waals surface area contributed by atoms with E-state index in [0.717, 1.165) is 22.4 Å². The highest BCUT2D eigenvalue weighted by Gasteiger charge is 2.06. The van der Waals surface area contributed by atoms with E-state index in [0.29, 0.717) is 37.4 Å². The summed E-state index contributed by atoms with van der Waals surface area (Å²) in [6.07, 6.45) is 1.36. The fraction of sp³-hybridized carbons (Fsp3) is 0.300. The predicted octanol–water partition coefficient (Wildman–Crippen LogP) is 2.66. The number of hydrogen-bond donors (Lipinski definition) is 3. The van der Waals surface area contributed by atoms with Gasteiger partial charge in [-0.3, -0.25) is 0 Å². The maximum absolute atomic E-state index is 11.9. The minimum Gasteiger partial charge on any atom is -0.493 e. The van der Waals surface area contributed by atoms with E-state index in [1.54, 1.807) is 14.2 Å². The number of carbonyl (C=O) groups excluding carboxylic acids is 1. The first-order chi connectivity index (χ1) is 13.2. The van der Waals surface area contributed by atoms with Crippen LogP contribution >= 0.6 is 0 Å². The Kier molecular flexibility index (Phi) is 6.14. The van der Waals surface area contributed by atoms with Crippen LogP contribution in [0.5, 0.6) is 11.5 Å². The first-order valence-electron chi connectivity index (χ1n) is 8.86. The zero-order chi connectivity index (χ0) is 19.1. The lowest BCUT2D eigenvalue weighted by Gasteiger charge is -2.10. The van der Waals surface area contributed by atoms with Gasteiger partial charge in [-0.15, -0.1) is 0 Å². The predicted molar refractivity (Wildman–Crippen MR) is 104 cm³/mol. The Labute approximate surface area is 158 Å². The van der Waals surface area contributed by atoms with Crippen LogP contribution in [0.1, 0.15) is 11.4 Å². The van der Waals surface area contributed by atoms with Crippen LogP contribution in [0.3, 0.4) is 0 Å². The minimum atomic E-state index is -0.188. The molecule has 0 aliphatic rings. The average Bonchev–Trinajstić information content (AvgIpc) is 3.10. The molecule has 3 N–H and O–H groups in total. The molecule has 7 nitrogen and oxygen atoms in total. The standard InChI is InChI=1S/C20H24N4O3/c1-26-17-8-7-14(13-18(17)27-2)9-11-21-20(25)22-12-10-19-23-15-5-3-4-6-16(15)24-19/h3-8,13H,9-12H2,1-2H3,(H,23,24)(H2,21,22,25). The van der Waals surface area contributed by atoms with Gasteiger partial charge in [0.15, 0.2) is 11.5 Å². The van der Waals surface area contributed by atoms with Crippen molar-refractivity contribution < 1.29 is 14.3 Å². The Hall–Kier alpha value is -3.22. The summed E-state index contributed by atoms with van der Waals surface area (Å²) in [4.78, 5) is 19.7. The summed E-state index contributed by atoms with van der Waals surface area (Å²) in [6, 6.07) is 13.4. The van der Waals surface area contributed by atoms with E-state index in [1.807, 2.05) is 42.5 Å². The second kappa shape index (κ2) is 8.93. The minimum absolute atomic E-state index is 0.188. The smallest absolute Gasteiger partial charge is 0.314 e. The van der Waals surface area contributed by atoms with E-state index < -0.39 is 0 Å². The van der Waals surface area contributed by atoms with Crippen molar-refractivity contribution in [3.63, 3.8) is 0 Å². The van der Waals surface area contributed by atoms with Gasteiger partial charge in [-0.05, 0) is 36.2 Å². The molecule has 0 fully saturated rings. The number of methoxy groups -OCH3 is 2. The van der Waals surface area contributed by atoms with Crippen molar-refractivity contribution in [2.75, 3.05) is 27.3 Å². The molecule has 7 heteroatoms. The molecule has 1 heterocycles. The van der Waals surface area contributed by atoms with Crippen LogP contribution in [0.2, 0.25) is 0 Å². The molecule has 1 aromatic heterocycles. The molecule has 3 aromatic rings. The number of aromatic amines is 1. The number of rotatable bonds is 8. The lowest BCUT2D eigenvalue weighted by atomic mass is 10.1. The van der Waals surface area contributed by atoms with Crippen LogP contribution in [-0.2, 0) is 12.8 Å². The maximum atomic E-state index is 11.9. The molecule has 2 aromatic carbocycles. The van der Waals surface area contributed by atoms with Crippen LogP contribution in [0.4, 0.5) is 4.79 Å². The highest BCUT2D eigenvalue weighted by atomic mass is 16.5. The Morgan fingerprint density at radius 3 is 2.48 bits per heavy atom. The lowest BCUT2D eigenvalue weighted by Crippen LogP contribution is -2.37. The Balaban J connectivity index is 1.39. The summed E-state index contributed by atoms with van der Waals surface area (Å²) in [5, 5.41) is 5.71. The van der Waals surface area contributed by atoms with Gasteiger partial charge < -0.3 is 25.1 Å². The normalized spacial score (nSPS) is 10.6. The topological polar surface area (TPSA) is 88.3 Å². The van der Waals surface area contributed by atoms with Crippen molar-refractivity contribution in [2.45, 2.75) is 12.8 Å². The molecule has 0 saturated carbocycles. The van der Waals surface area contributed by atoms with Gasteiger partial charge >= 0.3 is 6.03 Å². The maximum Gasteiger partial charge on any atom is 0.314 e. The summed E-state index contributed by atoms with van der Waals surface area (Å²) >= 11 is 0. The SMILES string of the molecule is COc1ccc(CCNC(=O)NCCc2nc3ccccc3[nH]2)cc1OC. The summed E-state index contributed by atoms with van der Waals surface area (Å²) in [5.74, 6) is 2.24. The molecule has 2 amide bonds. The van der Waals surface area contributed by atoms with Gasteiger partial charge in [0.1, 0.15) is 5.82 Å². The lowest BCUT2D eigenvalue weighted by molar-refractivity contribution is 0.241. The zero-order valence-corrected chi connectivity index (χ0v) is 15.5. The van der Waals surface area contributed by atoms with Gasteiger partial charge in [-0.2, -0.15) is 0 Å². The van der Waals surface area contributed by atoms with Crippen LogP contribution in [0.15, 0.2) is 42.5 Å². The number of carbonyl (C=O) groups is 1. The zero-order valence-electron chi connectivity index (χ0n) is 15.5. The number of fused-ring (bicyclic) bond motifs is 1. The van der Waals surface area contributed by atoms with Crippen molar-refractivity contribution >= 4 is 17.1 Å². The van der Waals surface area contributed by atoms with E-state index >= 15 is 0 Å². The second-order valence-corrected chi connectivity index (χ2v) is 6.07. The molecule has 0 aliphatic carbocycles. The number of amides is 2. The van der Waals surface area contributed by atoms with Gasteiger partial charge in [0.2, 0.25) is 0 Å². The first kappa shape index (κ1) is 18.6. The molecule has 0 saturated heterocycles. The number of H-pyrrole nitrogens is 1. The highest BCUT2D eigenvalue weighted by Crippen LogP contribution is 2.27. The number of aromatic nitrogens is 2. The monoisotopic (exact) mass is 368 g/mol. The Morgan fingerprint density at radius 1 is 1.00 bits per heavy atom. The summed E-state index contributed by atoms with van der Waals surface area (Å²) < 4.78 is 10.5. The third-order valence-corrected chi connectivity index (χ3v) is 4.23. The van der Waals surface area contributed by atoms with Gasteiger partial charge in [0.25, 0.3) is 0 Å². The number of imidazole rings is 1. The van der Waals surface area contributed by atoms with Gasteiger partial charge in [0.05, 0.1) is 25.3 Å². The van der Waals surface area contributed by atoms with E-state index in [4.69, 9.17) is 9.47 Å². The van der Waals surface area contributed by atoms with Crippen molar-refractivity contribution in [3.05, 3.63) is 53.9 Å². The van der Waals surface area contributed by atoms with E-state index in [-0.39, 0.29) is 6.03 Å². The third kappa shape index (κ3) is 4.91. The number of urea groups is 1. The van der Waals surface area contributed by atoms with Crippen LogP contribution in [0.25, 0.3) is 11.0 Å². The molecule has 142 valence electrons. The van der Waals surface area contributed by atoms with Crippen LogP contribution in [0, 0.1) is 0 Å². The number of ether oxygens (including phenoxy) is 2. The Morgan fingerprint density at radius 2 is 1.74 bits per heavy atom. The quantitative estimate of drug-likeness (QED) is 0.570. The molecule has 0 atom stereocenters. The fourth-order valence-corrected chi connectivity index (χ4v) is 2.84.